The molecule has 100 valence electrons. The summed E-state index contributed by atoms with van der Waals surface area (Å²) in [6.45, 7) is 1.30. The van der Waals surface area contributed by atoms with Gasteiger partial charge in [-0.3, -0.25) is 0 Å². The van der Waals surface area contributed by atoms with Gasteiger partial charge in [0.25, 0.3) is 0 Å². The normalized spacial score (nSPS) is 10.6. The van der Waals surface area contributed by atoms with Crippen LogP contribution in [0.3, 0.4) is 0 Å². The second-order valence-electron chi connectivity index (χ2n) is 4.15. The molecule has 1 N–H and O–H groups in total. The Bertz CT molecular complexity index is 611. The SMILES string of the molecule is Cc1cc(F)c(NCc2cccc(F)c2F)cc1F. The van der Waals surface area contributed by atoms with Crippen molar-refractivity contribution in [3.63, 3.8) is 0 Å². The summed E-state index contributed by atoms with van der Waals surface area (Å²) in [5.74, 6) is -3.18. The standard InChI is InChI=1S/C14H11F4N/c1-8-5-12(17)13(6-11(8)16)19-7-9-3-2-4-10(15)14(9)18/h2-6,19H,7H2,1H3. The number of hydrogen-bond acceptors (Lipinski definition) is 1. The quantitative estimate of drug-likeness (QED) is 0.825. The highest BCUT2D eigenvalue weighted by Crippen LogP contribution is 2.20. The summed E-state index contributed by atoms with van der Waals surface area (Å²) in [5.41, 5.74) is 0.132. The predicted molar refractivity (Wildman–Crippen MR) is 64.8 cm³/mol. The lowest BCUT2D eigenvalue weighted by Crippen LogP contribution is -2.05. The number of hydrogen-bond donors (Lipinski definition) is 1. The fraction of sp³-hybridized carbons (Fsp3) is 0.143. The maximum atomic E-state index is 13.5. The molecule has 19 heavy (non-hydrogen) atoms. The van der Waals surface area contributed by atoms with Gasteiger partial charge in [-0.05, 0) is 24.6 Å². The topological polar surface area (TPSA) is 12.0 Å². The molecule has 0 bridgehead atoms. The van der Waals surface area contributed by atoms with Gasteiger partial charge in [-0.25, -0.2) is 17.6 Å². The molecule has 2 rings (SSSR count). The largest absolute Gasteiger partial charge is 0.378 e. The molecule has 0 saturated carbocycles. The predicted octanol–water partition coefficient (Wildman–Crippen LogP) is 4.16. The second-order valence-corrected chi connectivity index (χ2v) is 4.15. The third-order valence-electron chi connectivity index (χ3n) is 2.75. The van der Waals surface area contributed by atoms with Crippen molar-refractivity contribution in [1.29, 1.82) is 0 Å². The molecule has 0 fully saturated rings. The van der Waals surface area contributed by atoms with Crippen LogP contribution in [0.2, 0.25) is 0 Å². The van der Waals surface area contributed by atoms with Crippen molar-refractivity contribution in [3.8, 4) is 0 Å². The minimum Gasteiger partial charge on any atom is -0.378 e. The van der Waals surface area contributed by atoms with Gasteiger partial charge in [-0.15, -0.1) is 0 Å². The van der Waals surface area contributed by atoms with Crippen LogP contribution in [0.5, 0.6) is 0 Å². The third-order valence-corrected chi connectivity index (χ3v) is 2.75. The first-order valence-electron chi connectivity index (χ1n) is 5.61. The first-order valence-corrected chi connectivity index (χ1v) is 5.61. The van der Waals surface area contributed by atoms with Crippen LogP contribution < -0.4 is 5.32 Å². The van der Waals surface area contributed by atoms with Gasteiger partial charge in [0.2, 0.25) is 0 Å². The van der Waals surface area contributed by atoms with Crippen LogP contribution in [0.1, 0.15) is 11.1 Å². The molecule has 2 aromatic rings. The van der Waals surface area contributed by atoms with Gasteiger partial charge < -0.3 is 5.32 Å². The van der Waals surface area contributed by atoms with E-state index >= 15 is 0 Å². The van der Waals surface area contributed by atoms with E-state index < -0.39 is 23.3 Å². The molecule has 0 aromatic heterocycles. The van der Waals surface area contributed by atoms with Gasteiger partial charge in [-0.2, -0.15) is 0 Å². The number of rotatable bonds is 3. The number of halogens is 4. The lowest BCUT2D eigenvalue weighted by Gasteiger charge is -2.10. The van der Waals surface area contributed by atoms with E-state index in [0.29, 0.717) is 0 Å². The van der Waals surface area contributed by atoms with Crippen molar-refractivity contribution >= 4 is 5.69 Å². The summed E-state index contributed by atoms with van der Waals surface area (Å²) in [5, 5.41) is 2.54. The molecule has 0 unspecified atom stereocenters. The van der Waals surface area contributed by atoms with Crippen LogP contribution in [-0.4, -0.2) is 0 Å². The Morgan fingerprint density at radius 2 is 1.68 bits per heavy atom. The van der Waals surface area contributed by atoms with Crippen LogP contribution in [0.25, 0.3) is 0 Å². The summed E-state index contributed by atoms with van der Waals surface area (Å²) >= 11 is 0. The Balaban J connectivity index is 2.19. The summed E-state index contributed by atoms with van der Waals surface area (Å²) in [7, 11) is 0. The summed E-state index contributed by atoms with van der Waals surface area (Å²) in [4.78, 5) is 0. The highest BCUT2D eigenvalue weighted by Gasteiger charge is 2.10. The van der Waals surface area contributed by atoms with Crippen molar-refractivity contribution in [2.24, 2.45) is 0 Å². The molecule has 2 aromatic carbocycles. The molecule has 0 spiro atoms. The van der Waals surface area contributed by atoms with E-state index in [1.54, 1.807) is 0 Å². The van der Waals surface area contributed by atoms with Crippen molar-refractivity contribution in [2.45, 2.75) is 13.5 Å². The number of aryl methyl sites for hydroxylation is 1. The Morgan fingerprint density at radius 1 is 0.947 bits per heavy atom. The van der Waals surface area contributed by atoms with Crippen LogP contribution in [-0.2, 0) is 6.54 Å². The monoisotopic (exact) mass is 269 g/mol. The number of nitrogens with one attached hydrogen (secondary N) is 1. The van der Waals surface area contributed by atoms with Crippen molar-refractivity contribution in [3.05, 3.63) is 64.7 Å². The van der Waals surface area contributed by atoms with Crippen LogP contribution >= 0.6 is 0 Å². The molecular weight excluding hydrogens is 258 g/mol. The average molecular weight is 269 g/mol. The maximum absolute atomic E-state index is 13.5. The highest BCUT2D eigenvalue weighted by atomic mass is 19.2. The fourth-order valence-corrected chi connectivity index (χ4v) is 1.66. The third kappa shape index (κ3) is 2.86. The van der Waals surface area contributed by atoms with Crippen molar-refractivity contribution in [2.75, 3.05) is 5.32 Å². The van der Waals surface area contributed by atoms with E-state index in [4.69, 9.17) is 0 Å². The van der Waals surface area contributed by atoms with Crippen molar-refractivity contribution in [1.82, 2.24) is 0 Å². The Hall–Kier alpha value is -2.04. The minimum absolute atomic E-state index is 0.0420. The zero-order valence-electron chi connectivity index (χ0n) is 10.1. The Kier molecular flexibility index (Phi) is 3.74. The fourth-order valence-electron chi connectivity index (χ4n) is 1.66. The first-order chi connectivity index (χ1) is 8.99. The summed E-state index contributed by atoms with van der Waals surface area (Å²) in [6, 6.07) is 5.74. The molecule has 5 heteroatoms. The molecule has 1 nitrogen and oxygen atoms in total. The Morgan fingerprint density at radius 3 is 2.42 bits per heavy atom. The van der Waals surface area contributed by atoms with E-state index in [1.807, 2.05) is 0 Å². The zero-order valence-corrected chi connectivity index (χ0v) is 10.1. The molecular formula is C14H11F4N. The number of anilines is 1. The summed E-state index contributed by atoms with van der Waals surface area (Å²) in [6.07, 6.45) is 0. The molecule has 0 radical (unpaired) electrons. The molecule has 0 atom stereocenters. The smallest absolute Gasteiger partial charge is 0.163 e. The first kappa shape index (κ1) is 13.4. The van der Waals surface area contributed by atoms with Crippen LogP contribution in [0.4, 0.5) is 23.2 Å². The summed E-state index contributed by atoms with van der Waals surface area (Å²) < 4.78 is 53.1. The van der Waals surface area contributed by atoms with Crippen LogP contribution in [0.15, 0.2) is 30.3 Å². The van der Waals surface area contributed by atoms with Crippen LogP contribution in [0, 0.1) is 30.2 Å². The van der Waals surface area contributed by atoms with Crippen molar-refractivity contribution < 1.29 is 17.6 Å². The molecule has 0 amide bonds. The van der Waals surface area contributed by atoms with Gasteiger partial charge in [0, 0.05) is 18.2 Å². The Labute approximate surface area is 107 Å². The molecule has 0 saturated heterocycles. The zero-order chi connectivity index (χ0) is 14.0. The average Bonchev–Trinajstić information content (AvgIpc) is 2.37. The van der Waals surface area contributed by atoms with Gasteiger partial charge in [0.15, 0.2) is 11.6 Å². The van der Waals surface area contributed by atoms with Gasteiger partial charge in [-0.1, -0.05) is 12.1 Å². The molecule has 0 aliphatic rings. The minimum atomic E-state index is -0.997. The second kappa shape index (κ2) is 5.30. The molecule has 0 aliphatic carbocycles. The van der Waals surface area contributed by atoms with Gasteiger partial charge in [0.05, 0.1) is 5.69 Å². The van der Waals surface area contributed by atoms with Gasteiger partial charge in [0.1, 0.15) is 11.6 Å². The maximum Gasteiger partial charge on any atom is 0.163 e. The van der Waals surface area contributed by atoms with E-state index in [2.05, 4.69) is 5.32 Å². The molecule has 0 aliphatic heterocycles. The lowest BCUT2D eigenvalue weighted by atomic mass is 10.1. The van der Waals surface area contributed by atoms with E-state index in [-0.39, 0.29) is 23.4 Å². The molecule has 0 heterocycles. The number of benzene rings is 2. The van der Waals surface area contributed by atoms with E-state index in [9.17, 15) is 17.6 Å². The lowest BCUT2D eigenvalue weighted by molar-refractivity contribution is 0.500. The van der Waals surface area contributed by atoms with Gasteiger partial charge >= 0.3 is 0 Å². The van der Waals surface area contributed by atoms with E-state index in [1.165, 1.54) is 19.1 Å². The highest BCUT2D eigenvalue weighted by molar-refractivity contribution is 5.47. The van der Waals surface area contributed by atoms with E-state index in [0.717, 1.165) is 18.2 Å².